The Hall–Kier alpha value is -3.95. The molecule has 6 atom stereocenters. The Morgan fingerprint density at radius 1 is 1.02 bits per heavy atom. The van der Waals surface area contributed by atoms with Gasteiger partial charge in [0, 0.05) is 24.3 Å². The second-order valence-corrected chi connectivity index (χ2v) is 16.0. The molecule has 3 heterocycles. The standard InChI is InChI=1S/C41H55N3O6/c1-10-24-42(29-18-20-30(21-19-29)49-12-3)35(46)32-33-36(47)44(31(26-45)28-16-14-13-15-17-28)34(41(33)23-22-40(32,9)50-41)37(48)43(25-11-2)39(7,8)27-38(4,5)6/h10-11,13-21,31-34,45H,1-2,12,22-27H2,3-9H3/t31-,32-,33+,34?,40+,41?/m1/s1. The van der Waals surface area contributed by atoms with Gasteiger partial charge in [-0.3, -0.25) is 14.4 Å². The molecular weight excluding hydrogens is 630 g/mol. The number of carbonyl (C=O) groups is 3. The first-order valence-corrected chi connectivity index (χ1v) is 17.8. The zero-order valence-electron chi connectivity index (χ0n) is 30.9. The largest absolute Gasteiger partial charge is 0.494 e. The third-order valence-corrected chi connectivity index (χ3v) is 10.7. The van der Waals surface area contributed by atoms with Crippen LogP contribution in [0.25, 0.3) is 0 Å². The smallest absolute Gasteiger partial charge is 0.249 e. The summed E-state index contributed by atoms with van der Waals surface area (Å²) in [6.07, 6.45) is 4.99. The van der Waals surface area contributed by atoms with E-state index in [0.29, 0.717) is 42.9 Å². The fourth-order valence-electron chi connectivity index (χ4n) is 9.20. The van der Waals surface area contributed by atoms with Crippen LogP contribution in [0.4, 0.5) is 5.69 Å². The van der Waals surface area contributed by atoms with Gasteiger partial charge in [-0.15, -0.1) is 13.2 Å². The summed E-state index contributed by atoms with van der Waals surface area (Å²) < 4.78 is 12.6. The first-order chi connectivity index (χ1) is 23.6. The first-order valence-electron chi connectivity index (χ1n) is 17.8. The molecule has 0 saturated carbocycles. The minimum Gasteiger partial charge on any atom is -0.494 e. The van der Waals surface area contributed by atoms with Crippen LogP contribution in [0.15, 0.2) is 79.9 Å². The van der Waals surface area contributed by atoms with Crippen LogP contribution in [0.3, 0.4) is 0 Å². The Balaban J connectivity index is 1.65. The van der Waals surface area contributed by atoms with Gasteiger partial charge in [-0.2, -0.15) is 0 Å². The van der Waals surface area contributed by atoms with Gasteiger partial charge >= 0.3 is 0 Å². The quantitative estimate of drug-likeness (QED) is 0.234. The van der Waals surface area contributed by atoms with E-state index in [4.69, 9.17) is 9.47 Å². The molecule has 2 unspecified atom stereocenters. The minimum atomic E-state index is -1.28. The van der Waals surface area contributed by atoms with Crippen LogP contribution in [0.1, 0.15) is 79.3 Å². The van der Waals surface area contributed by atoms with Crippen molar-refractivity contribution in [2.75, 3.05) is 31.2 Å². The van der Waals surface area contributed by atoms with E-state index < -0.39 is 47.3 Å². The normalized spacial score (nSPS) is 26.4. The van der Waals surface area contributed by atoms with Crippen molar-refractivity contribution in [1.29, 1.82) is 0 Å². The zero-order valence-corrected chi connectivity index (χ0v) is 30.9. The number of amides is 3. The van der Waals surface area contributed by atoms with Crippen molar-refractivity contribution in [3.05, 3.63) is 85.5 Å². The SMILES string of the molecule is C=CCN(C(=O)[C@H]1[C@H]2C(=O)N([C@H](CO)c3ccccc3)C(C(=O)N(CC=C)C(C)(C)CC(C)(C)C)C23CC[C@]1(C)O3)c1ccc(OCC)cc1. The molecule has 270 valence electrons. The zero-order chi connectivity index (χ0) is 36.6. The number of rotatable bonds is 14. The highest BCUT2D eigenvalue weighted by Gasteiger charge is 2.79. The summed E-state index contributed by atoms with van der Waals surface area (Å²) in [6, 6.07) is 14.7. The number of fused-ring (bicyclic) bond motifs is 1. The highest BCUT2D eigenvalue weighted by Crippen LogP contribution is 2.64. The molecule has 50 heavy (non-hydrogen) atoms. The summed E-state index contributed by atoms with van der Waals surface area (Å²) in [7, 11) is 0. The number of benzene rings is 2. The molecule has 3 aliphatic heterocycles. The van der Waals surface area contributed by atoms with Crippen LogP contribution >= 0.6 is 0 Å². The van der Waals surface area contributed by atoms with E-state index in [-0.39, 0.29) is 36.2 Å². The maximum Gasteiger partial charge on any atom is 0.249 e. The van der Waals surface area contributed by atoms with Crippen LogP contribution < -0.4 is 9.64 Å². The fourth-order valence-corrected chi connectivity index (χ4v) is 9.20. The van der Waals surface area contributed by atoms with E-state index in [2.05, 4.69) is 33.9 Å². The van der Waals surface area contributed by atoms with Crippen molar-refractivity contribution in [2.45, 2.75) is 96.6 Å². The van der Waals surface area contributed by atoms with Gasteiger partial charge in [0.1, 0.15) is 17.4 Å². The number of aliphatic hydroxyl groups excluding tert-OH is 1. The van der Waals surface area contributed by atoms with E-state index in [9.17, 15) is 9.90 Å². The van der Waals surface area contributed by atoms with E-state index in [1.54, 1.807) is 22.0 Å². The van der Waals surface area contributed by atoms with E-state index in [1.807, 2.05) is 87.2 Å². The molecule has 0 aliphatic carbocycles. The van der Waals surface area contributed by atoms with Crippen LogP contribution in [0.5, 0.6) is 5.75 Å². The lowest BCUT2D eigenvalue weighted by Crippen LogP contribution is -2.61. The van der Waals surface area contributed by atoms with Gasteiger partial charge in [0.15, 0.2) is 0 Å². The summed E-state index contributed by atoms with van der Waals surface area (Å²) >= 11 is 0. The number of ether oxygens (including phenoxy) is 2. The van der Waals surface area contributed by atoms with Crippen LogP contribution in [-0.4, -0.2) is 81.7 Å². The molecule has 9 heteroatoms. The second-order valence-electron chi connectivity index (χ2n) is 16.0. The number of carbonyl (C=O) groups excluding carboxylic acids is 3. The molecular formula is C41H55N3O6. The van der Waals surface area contributed by atoms with Gasteiger partial charge in [0.2, 0.25) is 17.7 Å². The molecule has 3 amide bonds. The van der Waals surface area contributed by atoms with Crippen molar-refractivity contribution in [3.63, 3.8) is 0 Å². The van der Waals surface area contributed by atoms with Gasteiger partial charge in [-0.1, -0.05) is 63.3 Å². The molecule has 1 N–H and O–H groups in total. The van der Waals surface area contributed by atoms with Gasteiger partial charge in [0.25, 0.3) is 0 Å². The molecule has 5 rings (SSSR count). The third kappa shape index (κ3) is 6.50. The summed E-state index contributed by atoms with van der Waals surface area (Å²) in [6.45, 7) is 22.8. The molecule has 2 aromatic carbocycles. The average molecular weight is 686 g/mol. The molecule has 3 aliphatic rings. The van der Waals surface area contributed by atoms with Crippen molar-refractivity contribution >= 4 is 23.4 Å². The first kappa shape index (κ1) is 37.3. The summed E-state index contributed by atoms with van der Waals surface area (Å²) in [5.41, 5.74) is -1.63. The monoisotopic (exact) mass is 685 g/mol. The number of hydrogen-bond donors (Lipinski definition) is 1. The Morgan fingerprint density at radius 3 is 2.22 bits per heavy atom. The van der Waals surface area contributed by atoms with Gasteiger partial charge in [0.05, 0.1) is 36.7 Å². The molecule has 1 spiro atoms. The highest BCUT2D eigenvalue weighted by atomic mass is 16.5. The van der Waals surface area contributed by atoms with Gasteiger partial charge in [-0.25, -0.2) is 0 Å². The molecule has 0 aromatic heterocycles. The Kier molecular flexibility index (Phi) is 10.4. The molecule has 0 radical (unpaired) electrons. The topological polar surface area (TPSA) is 99.6 Å². The number of anilines is 1. The number of likely N-dealkylation sites (tertiary alicyclic amines) is 1. The molecule has 3 fully saturated rings. The Labute approximate surface area is 297 Å². The number of nitrogens with zero attached hydrogens (tertiary/aromatic N) is 3. The van der Waals surface area contributed by atoms with Crippen LogP contribution in [0.2, 0.25) is 0 Å². The van der Waals surface area contributed by atoms with Crippen molar-refractivity contribution in [3.8, 4) is 5.75 Å². The Morgan fingerprint density at radius 2 is 1.66 bits per heavy atom. The second kappa shape index (κ2) is 14.0. The van der Waals surface area contributed by atoms with Gasteiger partial charge in [-0.05, 0) is 82.2 Å². The third-order valence-electron chi connectivity index (χ3n) is 10.7. The molecule has 2 bridgehead atoms. The van der Waals surface area contributed by atoms with Crippen molar-refractivity contribution in [2.24, 2.45) is 17.3 Å². The van der Waals surface area contributed by atoms with Gasteiger partial charge < -0.3 is 29.3 Å². The molecule has 3 saturated heterocycles. The maximum atomic E-state index is 15.3. The van der Waals surface area contributed by atoms with E-state index >= 15 is 9.59 Å². The lowest BCUT2D eigenvalue weighted by atomic mass is 9.65. The highest BCUT2D eigenvalue weighted by molar-refractivity contribution is 6.03. The predicted octanol–water partition coefficient (Wildman–Crippen LogP) is 6.33. The lowest BCUT2D eigenvalue weighted by Gasteiger charge is -2.46. The number of aliphatic hydroxyl groups is 1. The summed E-state index contributed by atoms with van der Waals surface area (Å²) in [5, 5.41) is 11.0. The molecule has 9 nitrogen and oxygen atoms in total. The number of hydrogen-bond acceptors (Lipinski definition) is 6. The van der Waals surface area contributed by atoms with Crippen molar-refractivity contribution in [1.82, 2.24) is 9.80 Å². The minimum absolute atomic E-state index is 0.102. The lowest BCUT2D eigenvalue weighted by molar-refractivity contribution is -0.159. The van der Waals surface area contributed by atoms with Crippen molar-refractivity contribution < 1.29 is 29.0 Å². The molecule has 2 aromatic rings. The summed E-state index contributed by atoms with van der Waals surface area (Å²) in [4.78, 5) is 50.4. The van der Waals surface area contributed by atoms with Crippen LogP contribution in [0, 0.1) is 17.3 Å². The van der Waals surface area contributed by atoms with E-state index in [1.165, 1.54) is 0 Å². The Bertz CT molecular complexity index is 1580. The predicted molar refractivity (Wildman–Crippen MR) is 196 cm³/mol. The van der Waals surface area contributed by atoms with Crippen LogP contribution in [-0.2, 0) is 19.1 Å². The maximum absolute atomic E-state index is 15.3. The fraction of sp³-hybridized carbons (Fsp3) is 0.537. The summed E-state index contributed by atoms with van der Waals surface area (Å²) in [5.74, 6) is -2.01. The van der Waals surface area contributed by atoms with E-state index in [0.717, 1.165) is 0 Å². The average Bonchev–Trinajstić information content (AvgIpc) is 3.63.